The van der Waals surface area contributed by atoms with Crippen molar-refractivity contribution in [3.63, 3.8) is 0 Å². The Bertz CT molecular complexity index is 689. The molecule has 0 aliphatic carbocycles. The van der Waals surface area contributed by atoms with Crippen molar-refractivity contribution in [2.24, 2.45) is 16.6 Å². The fourth-order valence-electron chi connectivity index (χ4n) is 3.65. The first-order valence-electron chi connectivity index (χ1n) is 11.3. The van der Waals surface area contributed by atoms with Crippen LogP contribution < -0.4 is 16.4 Å². The van der Waals surface area contributed by atoms with Crippen LogP contribution in [0, 0.1) is 5.92 Å². The molecular formula is C23H40IN5O3. The second-order valence-electron chi connectivity index (χ2n) is 7.88. The molecule has 1 heterocycles. The number of halogens is 1. The van der Waals surface area contributed by atoms with Gasteiger partial charge < -0.3 is 25.8 Å². The molecule has 1 saturated heterocycles. The van der Waals surface area contributed by atoms with Gasteiger partial charge in [0, 0.05) is 39.9 Å². The summed E-state index contributed by atoms with van der Waals surface area (Å²) in [6.07, 6.45) is 2.83. The van der Waals surface area contributed by atoms with E-state index in [1.54, 1.807) is 7.11 Å². The molecular weight excluding hydrogens is 521 g/mol. The zero-order valence-electron chi connectivity index (χ0n) is 19.5. The van der Waals surface area contributed by atoms with Gasteiger partial charge in [-0.15, -0.1) is 24.0 Å². The number of nitrogens with two attached hydrogens (primary N) is 1. The van der Waals surface area contributed by atoms with Gasteiger partial charge in [-0.3, -0.25) is 9.69 Å². The maximum atomic E-state index is 11.5. The largest absolute Gasteiger partial charge is 0.382 e. The number of benzene rings is 1. The number of ether oxygens (including phenoxy) is 2. The highest BCUT2D eigenvalue weighted by Crippen LogP contribution is 2.19. The number of amides is 1. The summed E-state index contributed by atoms with van der Waals surface area (Å²) in [7, 11) is 1.67. The number of carbonyl (C=O) groups is 1. The Hall–Kier alpha value is -1.43. The third-order valence-corrected chi connectivity index (χ3v) is 5.26. The summed E-state index contributed by atoms with van der Waals surface area (Å²) in [4.78, 5) is 18.6. The Kier molecular flexibility index (Phi) is 15.3. The zero-order chi connectivity index (χ0) is 22.3. The number of nitrogens with one attached hydrogen (secondary N) is 2. The number of nitrogens with zero attached hydrogens (tertiary/aromatic N) is 2. The van der Waals surface area contributed by atoms with Crippen LogP contribution in [-0.2, 0) is 27.4 Å². The molecule has 0 saturated carbocycles. The molecule has 8 nitrogen and oxygen atoms in total. The molecule has 1 aromatic rings. The van der Waals surface area contributed by atoms with E-state index >= 15 is 0 Å². The van der Waals surface area contributed by atoms with Gasteiger partial charge in [0.1, 0.15) is 0 Å². The van der Waals surface area contributed by atoms with Crippen molar-refractivity contribution >= 4 is 35.8 Å². The topological polar surface area (TPSA) is 101 Å². The molecule has 2 rings (SSSR count). The van der Waals surface area contributed by atoms with Crippen molar-refractivity contribution < 1.29 is 14.3 Å². The van der Waals surface area contributed by atoms with Gasteiger partial charge in [0.25, 0.3) is 0 Å². The standard InChI is InChI=1S/C23H39N5O3.HI/c1-3-25-23(26-10-6-12-31-14-13-30-2)27-16-19-7-4-8-20(15-19)17-28-11-5-9-21(18-28)22(24)29;/h4,7-8,15,21H,3,5-6,9-14,16-18H2,1-2H3,(H2,24,29)(H2,25,26,27);1H. The van der Waals surface area contributed by atoms with Gasteiger partial charge in [0.05, 0.1) is 25.7 Å². The molecule has 0 radical (unpaired) electrons. The molecule has 1 amide bonds. The van der Waals surface area contributed by atoms with Crippen molar-refractivity contribution in [1.29, 1.82) is 0 Å². The molecule has 0 aromatic heterocycles. The summed E-state index contributed by atoms with van der Waals surface area (Å²) >= 11 is 0. The molecule has 9 heteroatoms. The third-order valence-electron chi connectivity index (χ3n) is 5.26. The van der Waals surface area contributed by atoms with E-state index < -0.39 is 0 Å². The van der Waals surface area contributed by atoms with Crippen LogP contribution in [-0.4, -0.2) is 69.9 Å². The summed E-state index contributed by atoms with van der Waals surface area (Å²) in [6.45, 7) is 8.83. The van der Waals surface area contributed by atoms with E-state index in [9.17, 15) is 4.79 Å². The van der Waals surface area contributed by atoms with Gasteiger partial charge in [0.2, 0.25) is 5.91 Å². The normalized spacial score (nSPS) is 16.9. The maximum Gasteiger partial charge on any atom is 0.221 e. The Morgan fingerprint density at radius 1 is 1.25 bits per heavy atom. The van der Waals surface area contributed by atoms with Crippen LogP contribution in [0.5, 0.6) is 0 Å². The first-order valence-corrected chi connectivity index (χ1v) is 11.3. The minimum absolute atomic E-state index is 0. The monoisotopic (exact) mass is 561 g/mol. The fourth-order valence-corrected chi connectivity index (χ4v) is 3.65. The predicted octanol–water partition coefficient (Wildman–Crippen LogP) is 2.11. The van der Waals surface area contributed by atoms with Crippen LogP contribution in [0.15, 0.2) is 29.3 Å². The number of primary amides is 1. The molecule has 0 bridgehead atoms. The second-order valence-corrected chi connectivity index (χ2v) is 7.88. The van der Waals surface area contributed by atoms with Crippen LogP contribution in [0.3, 0.4) is 0 Å². The summed E-state index contributed by atoms with van der Waals surface area (Å²) < 4.78 is 10.5. The van der Waals surface area contributed by atoms with Gasteiger partial charge in [-0.2, -0.15) is 0 Å². The molecule has 1 aliphatic rings. The van der Waals surface area contributed by atoms with Crippen molar-refractivity contribution in [2.45, 2.75) is 39.3 Å². The smallest absolute Gasteiger partial charge is 0.221 e. The molecule has 1 fully saturated rings. The highest BCUT2D eigenvalue weighted by Gasteiger charge is 2.23. The maximum absolute atomic E-state index is 11.5. The summed E-state index contributed by atoms with van der Waals surface area (Å²) in [5.41, 5.74) is 7.91. The number of hydrogen-bond acceptors (Lipinski definition) is 5. The average molecular weight is 562 g/mol. The minimum atomic E-state index is -0.183. The number of methoxy groups -OCH3 is 1. The highest BCUT2D eigenvalue weighted by atomic mass is 127. The van der Waals surface area contributed by atoms with Crippen LogP contribution in [0.1, 0.15) is 37.3 Å². The van der Waals surface area contributed by atoms with Crippen LogP contribution >= 0.6 is 24.0 Å². The van der Waals surface area contributed by atoms with Crippen LogP contribution in [0.2, 0.25) is 0 Å². The SMILES string of the molecule is CCNC(=NCc1cccc(CN2CCCC(C(N)=O)C2)c1)NCCCOCCOC.I. The zero-order valence-corrected chi connectivity index (χ0v) is 21.8. The quantitative estimate of drug-likeness (QED) is 0.148. The Balaban J connectivity index is 0.00000512. The lowest BCUT2D eigenvalue weighted by Gasteiger charge is -2.31. The number of likely N-dealkylation sites (tertiary alicyclic amines) is 1. The molecule has 1 unspecified atom stereocenters. The van der Waals surface area contributed by atoms with Gasteiger partial charge in [-0.05, 0) is 43.9 Å². The average Bonchev–Trinajstić information content (AvgIpc) is 2.77. The number of piperidine rings is 1. The number of guanidine groups is 1. The van der Waals surface area contributed by atoms with E-state index in [1.807, 2.05) is 0 Å². The molecule has 1 atom stereocenters. The second kappa shape index (κ2) is 17.1. The Morgan fingerprint density at radius 3 is 2.81 bits per heavy atom. The van der Waals surface area contributed by atoms with E-state index in [1.165, 1.54) is 11.1 Å². The van der Waals surface area contributed by atoms with Crippen molar-refractivity contribution in [3.8, 4) is 0 Å². The fraction of sp³-hybridized carbons (Fsp3) is 0.652. The Labute approximate surface area is 209 Å². The van der Waals surface area contributed by atoms with E-state index in [-0.39, 0.29) is 35.8 Å². The number of carbonyl (C=O) groups excluding carboxylic acids is 1. The van der Waals surface area contributed by atoms with Crippen molar-refractivity contribution in [2.75, 3.05) is 53.1 Å². The highest BCUT2D eigenvalue weighted by molar-refractivity contribution is 14.0. The summed E-state index contributed by atoms with van der Waals surface area (Å²) in [5.74, 6) is 0.601. The van der Waals surface area contributed by atoms with Crippen molar-refractivity contribution in [3.05, 3.63) is 35.4 Å². The van der Waals surface area contributed by atoms with E-state index in [4.69, 9.17) is 20.2 Å². The van der Waals surface area contributed by atoms with Crippen LogP contribution in [0.25, 0.3) is 0 Å². The van der Waals surface area contributed by atoms with Gasteiger partial charge in [-0.1, -0.05) is 24.3 Å². The lowest BCUT2D eigenvalue weighted by molar-refractivity contribution is -0.123. The van der Waals surface area contributed by atoms with E-state index in [0.29, 0.717) is 26.4 Å². The van der Waals surface area contributed by atoms with Gasteiger partial charge in [0.15, 0.2) is 5.96 Å². The lowest BCUT2D eigenvalue weighted by Crippen LogP contribution is -2.40. The first-order chi connectivity index (χ1) is 15.1. The number of rotatable bonds is 13. The summed E-state index contributed by atoms with van der Waals surface area (Å²) in [6, 6.07) is 8.51. The van der Waals surface area contributed by atoms with Crippen LogP contribution in [0.4, 0.5) is 0 Å². The molecule has 1 aromatic carbocycles. The molecule has 0 spiro atoms. The minimum Gasteiger partial charge on any atom is -0.382 e. The van der Waals surface area contributed by atoms with Gasteiger partial charge in [-0.25, -0.2) is 4.99 Å². The third kappa shape index (κ3) is 11.4. The molecule has 182 valence electrons. The molecule has 4 N–H and O–H groups in total. The molecule has 1 aliphatic heterocycles. The number of hydrogen-bond donors (Lipinski definition) is 3. The lowest BCUT2D eigenvalue weighted by atomic mass is 9.97. The predicted molar refractivity (Wildman–Crippen MR) is 139 cm³/mol. The van der Waals surface area contributed by atoms with E-state index in [2.05, 4.69) is 46.7 Å². The Morgan fingerprint density at radius 2 is 2.06 bits per heavy atom. The van der Waals surface area contributed by atoms with E-state index in [0.717, 1.165) is 57.9 Å². The first kappa shape index (κ1) is 28.6. The van der Waals surface area contributed by atoms with Crippen molar-refractivity contribution in [1.82, 2.24) is 15.5 Å². The molecule has 32 heavy (non-hydrogen) atoms. The van der Waals surface area contributed by atoms with Gasteiger partial charge >= 0.3 is 0 Å². The summed E-state index contributed by atoms with van der Waals surface area (Å²) in [5, 5.41) is 6.64. The number of aliphatic imine (C=N–C) groups is 1.